The zero-order valence-corrected chi connectivity index (χ0v) is 9.29. The van der Waals surface area contributed by atoms with Crippen molar-refractivity contribution in [1.82, 2.24) is 14.8 Å². The maximum Gasteiger partial charge on any atom is 0.337 e. The molecule has 88 valence electrons. The maximum absolute atomic E-state index is 11.0. The van der Waals surface area contributed by atoms with E-state index >= 15 is 0 Å². The molecule has 0 fully saturated rings. The first kappa shape index (κ1) is 11.1. The molecule has 0 saturated carbocycles. The van der Waals surface area contributed by atoms with Gasteiger partial charge in [-0.05, 0) is 12.1 Å². The third-order valence-electron chi connectivity index (χ3n) is 2.24. The van der Waals surface area contributed by atoms with Crippen molar-refractivity contribution >= 4 is 11.7 Å². The number of hydrogen-bond acceptors (Lipinski definition) is 4. The second kappa shape index (κ2) is 4.65. The van der Waals surface area contributed by atoms with Crippen LogP contribution in [0.3, 0.4) is 0 Å². The van der Waals surface area contributed by atoms with E-state index in [9.17, 15) is 4.79 Å². The standard InChI is InChI=1S/C11H12N4O2/c1-15-7-13-10(14-15)6-12-9-5-3-2-4-8(9)11(16)17/h2-5,7,12H,6H2,1H3,(H,16,17). The zero-order chi connectivity index (χ0) is 12.3. The van der Waals surface area contributed by atoms with E-state index in [4.69, 9.17) is 5.11 Å². The van der Waals surface area contributed by atoms with Gasteiger partial charge in [-0.2, -0.15) is 5.10 Å². The molecule has 2 aromatic rings. The van der Waals surface area contributed by atoms with Crippen LogP contribution in [0, 0.1) is 0 Å². The molecule has 1 aromatic carbocycles. The lowest BCUT2D eigenvalue weighted by atomic mass is 10.2. The van der Waals surface area contributed by atoms with Crippen molar-refractivity contribution in [2.24, 2.45) is 7.05 Å². The minimum atomic E-state index is -0.956. The fourth-order valence-corrected chi connectivity index (χ4v) is 1.46. The van der Waals surface area contributed by atoms with Gasteiger partial charge in [0.1, 0.15) is 6.33 Å². The Bertz CT molecular complexity index is 536. The van der Waals surface area contributed by atoms with Gasteiger partial charge in [0.25, 0.3) is 0 Å². The van der Waals surface area contributed by atoms with Crippen molar-refractivity contribution < 1.29 is 9.90 Å². The van der Waals surface area contributed by atoms with Crippen molar-refractivity contribution in [2.75, 3.05) is 5.32 Å². The molecule has 6 heteroatoms. The van der Waals surface area contributed by atoms with Crippen LogP contribution in [0.5, 0.6) is 0 Å². The number of aryl methyl sites for hydroxylation is 1. The monoisotopic (exact) mass is 232 g/mol. The smallest absolute Gasteiger partial charge is 0.337 e. The fourth-order valence-electron chi connectivity index (χ4n) is 1.46. The average Bonchev–Trinajstić information content (AvgIpc) is 2.73. The lowest BCUT2D eigenvalue weighted by Gasteiger charge is -2.06. The van der Waals surface area contributed by atoms with Gasteiger partial charge in [0.2, 0.25) is 0 Å². The topological polar surface area (TPSA) is 80.0 Å². The summed E-state index contributed by atoms with van der Waals surface area (Å²) in [5, 5.41) is 16.1. The Labute approximate surface area is 97.9 Å². The number of aromatic carboxylic acids is 1. The van der Waals surface area contributed by atoms with Crippen LogP contribution in [0.1, 0.15) is 16.2 Å². The number of aromatic nitrogens is 3. The first-order valence-corrected chi connectivity index (χ1v) is 5.07. The number of benzene rings is 1. The molecule has 2 N–H and O–H groups in total. The van der Waals surface area contributed by atoms with Crippen molar-refractivity contribution in [3.05, 3.63) is 42.0 Å². The Morgan fingerprint density at radius 2 is 2.24 bits per heavy atom. The van der Waals surface area contributed by atoms with Crippen molar-refractivity contribution in [2.45, 2.75) is 6.54 Å². The SMILES string of the molecule is Cn1cnc(CNc2ccccc2C(=O)O)n1. The van der Waals surface area contributed by atoms with Crippen LogP contribution in [0.15, 0.2) is 30.6 Å². The van der Waals surface area contributed by atoms with E-state index in [0.29, 0.717) is 18.1 Å². The molecule has 0 aliphatic rings. The third kappa shape index (κ3) is 2.60. The number of anilines is 1. The summed E-state index contributed by atoms with van der Waals surface area (Å²) < 4.78 is 1.60. The lowest BCUT2D eigenvalue weighted by Crippen LogP contribution is -2.07. The third-order valence-corrected chi connectivity index (χ3v) is 2.24. The van der Waals surface area contributed by atoms with Crippen molar-refractivity contribution in [3.63, 3.8) is 0 Å². The Morgan fingerprint density at radius 1 is 1.47 bits per heavy atom. The minimum absolute atomic E-state index is 0.239. The summed E-state index contributed by atoms with van der Waals surface area (Å²) >= 11 is 0. The fraction of sp³-hybridized carbons (Fsp3) is 0.182. The zero-order valence-electron chi connectivity index (χ0n) is 9.29. The molecule has 0 aliphatic carbocycles. The van der Waals surface area contributed by atoms with Gasteiger partial charge < -0.3 is 10.4 Å². The molecule has 0 radical (unpaired) electrons. The largest absolute Gasteiger partial charge is 0.478 e. The number of carboxylic acids is 1. The first-order valence-electron chi connectivity index (χ1n) is 5.07. The van der Waals surface area contributed by atoms with Crippen LogP contribution in [-0.2, 0) is 13.6 Å². The van der Waals surface area contributed by atoms with E-state index in [1.165, 1.54) is 0 Å². The quantitative estimate of drug-likeness (QED) is 0.825. The summed E-state index contributed by atoms with van der Waals surface area (Å²) in [7, 11) is 1.78. The van der Waals surface area contributed by atoms with Gasteiger partial charge in [-0.15, -0.1) is 0 Å². The normalized spacial score (nSPS) is 10.2. The molecule has 0 spiro atoms. The molecular formula is C11H12N4O2. The highest BCUT2D eigenvalue weighted by molar-refractivity contribution is 5.94. The molecule has 2 rings (SSSR count). The second-order valence-corrected chi connectivity index (χ2v) is 3.54. The minimum Gasteiger partial charge on any atom is -0.478 e. The van der Waals surface area contributed by atoms with E-state index in [-0.39, 0.29) is 5.56 Å². The predicted octanol–water partition coefficient (Wildman–Crippen LogP) is 1.13. The number of carboxylic acid groups (broad SMARTS) is 1. The number of carbonyl (C=O) groups is 1. The van der Waals surface area contributed by atoms with E-state index in [0.717, 1.165) is 0 Å². The van der Waals surface area contributed by atoms with Gasteiger partial charge in [-0.1, -0.05) is 12.1 Å². The second-order valence-electron chi connectivity index (χ2n) is 3.54. The Kier molecular flexibility index (Phi) is 3.04. The van der Waals surface area contributed by atoms with E-state index in [1.807, 2.05) is 0 Å². The Hall–Kier alpha value is -2.37. The van der Waals surface area contributed by atoms with Crippen LogP contribution >= 0.6 is 0 Å². The van der Waals surface area contributed by atoms with Crippen LogP contribution in [0.2, 0.25) is 0 Å². The van der Waals surface area contributed by atoms with Gasteiger partial charge in [0.05, 0.1) is 12.1 Å². The lowest BCUT2D eigenvalue weighted by molar-refractivity contribution is 0.0698. The molecule has 1 aromatic heterocycles. The summed E-state index contributed by atoms with van der Waals surface area (Å²) in [6, 6.07) is 6.73. The van der Waals surface area contributed by atoms with Crippen LogP contribution in [-0.4, -0.2) is 25.8 Å². The van der Waals surface area contributed by atoms with Crippen LogP contribution in [0.25, 0.3) is 0 Å². The molecule has 0 atom stereocenters. The van der Waals surface area contributed by atoms with Gasteiger partial charge in [-0.3, -0.25) is 4.68 Å². The van der Waals surface area contributed by atoms with Gasteiger partial charge >= 0.3 is 5.97 Å². The number of rotatable bonds is 4. The van der Waals surface area contributed by atoms with Gasteiger partial charge in [0, 0.05) is 12.7 Å². The number of nitrogens with zero attached hydrogens (tertiary/aromatic N) is 3. The Morgan fingerprint density at radius 3 is 2.88 bits per heavy atom. The molecular weight excluding hydrogens is 220 g/mol. The van der Waals surface area contributed by atoms with E-state index < -0.39 is 5.97 Å². The summed E-state index contributed by atoms with van der Waals surface area (Å²) in [6.45, 7) is 0.394. The highest BCUT2D eigenvalue weighted by Gasteiger charge is 2.08. The van der Waals surface area contributed by atoms with Crippen LogP contribution in [0.4, 0.5) is 5.69 Å². The molecule has 0 bridgehead atoms. The van der Waals surface area contributed by atoms with Crippen molar-refractivity contribution in [3.8, 4) is 0 Å². The molecule has 0 amide bonds. The maximum atomic E-state index is 11.0. The Balaban J connectivity index is 2.11. The average molecular weight is 232 g/mol. The van der Waals surface area contributed by atoms with Crippen molar-refractivity contribution in [1.29, 1.82) is 0 Å². The summed E-state index contributed by atoms with van der Waals surface area (Å²) in [6.07, 6.45) is 1.60. The molecule has 0 aliphatic heterocycles. The molecule has 0 unspecified atom stereocenters. The highest BCUT2D eigenvalue weighted by atomic mass is 16.4. The van der Waals surface area contributed by atoms with E-state index in [1.54, 1.807) is 42.3 Å². The number of nitrogens with one attached hydrogen (secondary N) is 1. The molecule has 0 saturated heterocycles. The number of hydrogen-bond donors (Lipinski definition) is 2. The summed E-state index contributed by atoms with van der Waals surface area (Å²) in [5.74, 6) is -0.338. The predicted molar refractivity (Wildman–Crippen MR) is 61.7 cm³/mol. The summed E-state index contributed by atoms with van der Waals surface area (Å²) in [5.41, 5.74) is 0.802. The molecule has 6 nitrogen and oxygen atoms in total. The number of para-hydroxylation sites is 1. The first-order chi connectivity index (χ1) is 8.16. The van der Waals surface area contributed by atoms with Gasteiger partial charge in [-0.25, -0.2) is 9.78 Å². The van der Waals surface area contributed by atoms with Gasteiger partial charge in [0.15, 0.2) is 5.82 Å². The molecule has 1 heterocycles. The molecule has 17 heavy (non-hydrogen) atoms. The summed E-state index contributed by atoms with van der Waals surface area (Å²) in [4.78, 5) is 15.0. The van der Waals surface area contributed by atoms with E-state index in [2.05, 4.69) is 15.4 Å². The highest BCUT2D eigenvalue weighted by Crippen LogP contribution is 2.15. The van der Waals surface area contributed by atoms with Crippen LogP contribution < -0.4 is 5.32 Å².